The van der Waals surface area contributed by atoms with E-state index in [2.05, 4.69) is 10.1 Å². The molecular formula is C18H26N2O7S3. The summed E-state index contributed by atoms with van der Waals surface area (Å²) in [6.07, 6.45) is 0.369. The Labute approximate surface area is 184 Å². The minimum Gasteiger partial charge on any atom is -0.467 e. The normalized spacial score (nSPS) is 16.1. The van der Waals surface area contributed by atoms with Crippen LogP contribution in [0.4, 0.5) is 0 Å². The minimum atomic E-state index is -3.81. The number of nitrogens with zero attached hydrogens (tertiary/aromatic N) is 1. The molecule has 168 valence electrons. The van der Waals surface area contributed by atoms with E-state index in [0.717, 1.165) is 11.3 Å². The number of esters is 2. The maximum absolute atomic E-state index is 12.9. The van der Waals surface area contributed by atoms with E-state index in [9.17, 15) is 22.8 Å². The second-order valence-electron chi connectivity index (χ2n) is 6.98. The standard InChI is InChI=1S/C18H26N2O7S3/c1-12(2)10-13(17(22)26-3)19-15(21)11-27-18(23)16-14(4-7-29-16)30(24,25)20-5-8-28-9-6-20/h4,7,12-13H,5-6,8-11H2,1-3H3,(H,19,21). The van der Waals surface area contributed by atoms with Crippen molar-refractivity contribution in [1.29, 1.82) is 0 Å². The van der Waals surface area contributed by atoms with E-state index in [1.165, 1.54) is 22.9 Å². The molecule has 0 spiro atoms. The molecule has 0 aromatic carbocycles. The van der Waals surface area contributed by atoms with Crippen LogP contribution in [0.15, 0.2) is 16.3 Å². The fourth-order valence-corrected chi connectivity index (χ4v) is 6.70. The van der Waals surface area contributed by atoms with Crippen molar-refractivity contribution in [1.82, 2.24) is 9.62 Å². The first-order chi connectivity index (χ1) is 14.2. The molecule has 1 fully saturated rings. The lowest BCUT2D eigenvalue weighted by Gasteiger charge is -2.25. The van der Waals surface area contributed by atoms with E-state index in [1.54, 1.807) is 11.8 Å². The molecule has 0 bridgehead atoms. The number of nitrogens with one attached hydrogen (secondary N) is 1. The van der Waals surface area contributed by atoms with Gasteiger partial charge in [-0.3, -0.25) is 4.79 Å². The Bertz CT molecular complexity index is 861. The van der Waals surface area contributed by atoms with Gasteiger partial charge in [-0.05, 0) is 23.8 Å². The number of sulfonamides is 1. The summed E-state index contributed by atoms with van der Waals surface area (Å²) in [5.41, 5.74) is 0. The molecule has 1 aliphatic rings. The summed E-state index contributed by atoms with van der Waals surface area (Å²) in [6.45, 7) is 3.90. The number of rotatable bonds is 9. The van der Waals surface area contributed by atoms with Gasteiger partial charge in [0.05, 0.1) is 7.11 Å². The first-order valence-corrected chi connectivity index (χ1v) is 12.8. The maximum atomic E-state index is 12.9. The SMILES string of the molecule is COC(=O)C(CC(C)C)NC(=O)COC(=O)c1sccc1S(=O)(=O)N1CCSCC1. The van der Waals surface area contributed by atoms with Crippen LogP contribution >= 0.6 is 23.1 Å². The van der Waals surface area contributed by atoms with Crippen LogP contribution in [-0.4, -0.2) is 74.9 Å². The third-order valence-corrected chi connectivity index (χ3v) is 8.17. The highest BCUT2D eigenvalue weighted by molar-refractivity contribution is 7.99. The molecule has 9 nitrogen and oxygen atoms in total. The van der Waals surface area contributed by atoms with Gasteiger partial charge in [0.15, 0.2) is 6.61 Å². The van der Waals surface area contributed by atoms with Gasteiger partial charge in [-0.25, -0.2) is 18.0 Å². The Morgan fingerprint density at radius 1 is 1.23 bits per heavy atom. The van der Waals surface area contributed by atoms with Gasteiger partial charge >= 0.3 is 11.9 Å². The summed E-state index contributed by atoms with van der Waals surface area (Å²) in [4.78, 5) is 36.2. The van der Waals surface area contributed by atoms with Crippen molar-refractivity contribution in [3.8, 4) is 0 Å². The van der Waals surface area contributed by atoms with E-state index in [0.29, 0.717) is 31.0 Å². The lowest BCUT2D eigenvalue weighted by atomic mass is 10.0. The van der Waals surface area contributed by atoms with Gasteiger partial charge in [0.1, 0.15) is 15.8 Å². The molecular weight excluding hydrogens is 452 g/mol. The van der Waals surface area contributed by atoms with Crippen LogP contribution in [0.1, 0.15) is 29.9 Å². The van der Waals surface area contributed by atoms with Crippen molar-refractivity contribution in [3.05, 3.63) is 16.3 Å². The van der Waals surface area contributed by atoms with Gasteiger partial charge in [0.2, 0.25) is 10.0 Å². The number of thiophene rings is 1. The molecule has 2 heterocycles. The fourth-order valence-electron chi connectivity index (χ4n) is 2.84. The average Bonchev–Trinajstić information content (AvgIpc) is 3.22. The summed E-state index contributed by atoms with van der Waals surface area (Å²) in [5.74, 6) is -0.641. The first-order valence-electron chi connectivity index (χ1n) is 9.36. The third kappa shape index (κ3) is 6.43. The zero-order chi connectivity index (χ0) is 22.3. The molecule has 2 rings (SSSR count). The molecule has 1 N–H and O–H groups in total. The van der Waals surface area contributed by atoms with Gasteiger partial charge in [0.25, 0.3) is 5.91 Å². The van der Waals surface area contributed by atoms with E-state index < -0.39 is 40.5 Å². The lowest BCUT2D eigenvalue weighted by Crippen LogP contribution is -2.44. The summed E-state index contributed by atoms with van der Waals surface area (Å²) in [6, 6.07) is 0.518. The topological polar surface area (TPSA) is 119 Å². The summed E-state index contributed by atoms with van der Waals surface area (Å²) >= 11 is 2.61. The number of hydrogen-bond acceptors (Lipinski definition) is 9. The smallest absolute Gasteiger partial charge is 0.350 e. The Kier molecular flexibility index (Phi) is 9.13. The molecule has 1 aromatic heterocycles. The number of amides is 1. The van der Waals surface area contributed by atoms with Crippen LogP contribution in [0.3, 0.4) is 0 Å². The van der Waals surface area contributed by atoms with Gasteiger partial charge in [0, 0.05) is 24.6 Å². The van der Waals surface area contributed by atoms with Crippen LogP contribution in [-0.2, 0) is 29.1 Å². The highest BCUT2D eigenvalue weighted by Gasteiger charge is 2.32. The highest BCUT2D eigenvalue weighted by atomic mass is 32.2. The Morgan fingerprint density at radius 2 is 1.90 bits per heavy atom. The molecule has 0 aliphatic carbocycles. The van der Waals surface area contributed by atoms with E-state index in [-0.39, 0.29) is 15.7 Å². The highest BCUT2D eigenvalue weighted by Crippen LogP contribution is 2.27. The Morgan fingerprint density at radius 3 is 2.50 bits per heavy atom. The van der Waals surface area contributed by atoms with Gasteiger partial charge in [-0.2, -0.15) is 16.1 Å². The van der Waals surface area contributed by atoms with Crippen molar-refractivity contribution in [2.75, 3.05) is 38.3 Å². The predicted octanol–water partition coefficient (Wildman–Crippen LogP) is 1.35. The van der Waals surface area contributed by atoms with Crippen molar-refractivity contribution >= 4 is 51.0 Å². The van der Waals surface area contributed by atoms with Crippen LogP contribution in [0.25, 0.3) is 0 Å². The fraction of sp³-hybridized carbons (Fsp3) is 0.611. The molecule has 12 heteroatoms. The molecule has 0 saturated carbocycles. The zero-order valence-corrected chi connectivity index (χ0v) is 19.5. The summed E-state index contributed by atoms with van der Waals surface area (Å²) in [7, 11) is -2.59. The van der Waals surface area contributed by atoms with Crippen LogP contribution < -0.4 is 5.32 Å². The molecule has 1 unspecified atom stereocenters. The summed E-state index contributed by atoms with van der Waals surface area (Å²) in [5, 5.41) is 3.98. The Balaban J connectivity index is 2.01. The number of hydrogen-bond donors (Lipinski definition) is 1. The number of carbonyl (C=O) groups is 3. The largest absolute Gasteiger partial charge is 0.467 e. The number of carbonyl (C=O) groups excluding carboxylic acids is 3. The average molecular weight is 479 g/mol. The van der Waals surface area contributed by atoms with Gasteiger partial charge < -0.3 is 14.8 Å². The minimum absolute atomic E-state index is 0.0762. The summed E-state index contributed by atoms with van der Waals surface area (Å²) < 4.78 is 36.7. The number of ether oxygens (including phenoxy) is 2. The van der Waals surface area contributed by atoms with Crippen molar-refractivity contribution in [3.63, 3.8) is 0 Å². The van der Waals surface area contributed by atoms with Gasteiger partial charge in [-0.15, -0.1) is 11.3 Å². The predicted molar refractivity (Wildman–Crippen MR) is 114 cm³/mol. The quantitative estimate of drug-likeness (QED) is 0.528. The number of thioether (sulfide) groups is 1. The van der Waals surface area contributed by atoms with Crippen molar-refractivity contribution in [2.45, 2.75) is 31.2 Å². The maximum Gasteiger partial charge on any atom is 0.350 e. The molecule has 1 aliphatic heterocycles. The van der Waals surface area contributed by atoms with Crippen LogP contribution in [0.5, 0.6) is 0 Å². The molecule has 1 amide bonds. The molecule has 1 atom stereocenters. The Hall–Kier alpha value is -1.63. The molecule has 1 saturated heterocycles. The second-order valence-corrected chi connectivity index (χ2v) is 11.0. The second kappa shape index (κ2) is 11.1. The molecule has 30 heavy (non-hydrogen) atoms. The van der Waals surface area contributed by atoms with E-state index in [1.807, 2.05) is 13.8 Å². The van der Waals surface area contributed by atoms with Gasteiger partial charge in [-0.1, -0.05) is 13.8 Å². The lowest BCUT2D eigenvalue weighted by molar-refractivity contribution is -0.145. The van der Waals surface area contributed by atoms with Crippen LogP contribution in [0, 0.1) is 5.92 Å². The van der Waals surface area contributed by atoms with Crippen molar-refractivity contribution in [2.24, 2.45) is 5.92 Å². The first kappa shape index (κ1) is 24.6. The van der Waals surface area contributed by atoms with E-state index in [4.69, 9.17) is 4.74 Å². The number of methoxy groups -OCH3 is 1. The zero-order valence-electron chi connectivity index (χ0n) is 17.1. The van der Waals surface area contributed by atoms with Crippen LogP contribution in [0.2, 0.25) is 0 Å². The molecule has 1 aromatic rings. The van der Waals surface area contributed by atoms with Crippen molar-refractivity contribution < 1.29 is 32.3 Å². The monoisotopic (exact) mass is 478 g/mol. The molecule has 0 radical (unpaired) electrons. The van der Waals surface area contributed by atoms with E-state index >= 15 is 0 Å². The third-order valence-electron chi connectivity index (χ3n) is 4.26.